The highest BCUT2D eigenvalue weighted by molar-refractivity contribution is 9.10. The molecule has 0 aliphatic heterocycles. The topological polar surface area (TPSA) is 30.7 Å². The van der Waals surface area contributed by atoms with Crippen molar-refractivity contribution in [3.63, 3.8) is 0 Å². The SMILES string of the molecule is Brc1cccc(-c2ccc3c4ccc(-c5nc6c(c(-c7ccccc7)n5)C=CCC6)cc4n(-c4ccccc4)c3c2)c1. The lowest BCUT2D eigenvalue weighted by molar-refractivity contribution is 0.915. The van der Waals surface area contributed by atoms with E-state index >= 15 is 0 Å². The Balaban J connectivity index is 1.37. The maximum absolute atomic E-state index is 5.18. The maximum atomic E-state index is 5.18. The van der Waals surface area contributed by atoms with E-state index < -0.39 is 0 Å². The molecule has 0 radical (unpaired) electrons. The van der Waals surface area contributed by atoms with E-state index in [1.54, 1.807) is 0 Å². The number of hydrogen-bond acceptors (Lipinski definition) is 2. The van der Waals surface area contributed by atoms with E-state index in [-0.39, 0.29) is 0 Å². The van der Waals surface area contributed by atoms with Crippen LogP contribution in [0.3, 0.4) is 0 Å². The van der Waals surface area contributed by atoms with Crippen molar-refractivity contribution >= 4 is 43.8 Å². The number of allylic oxidation sites excluding steroid dienone is 1. The Morgan fingerprint density at radius 2 is 1.26 bits per heavy atom. The van der Waals surface area contributed by atoms with Crippen LogP contribution in [0.2, 0.25) is 0 Å². The van der Waals surface area contributed by atoms with Gasteiger partial charge in [0.2, 0.25) is 0 Å². The number of benzene rings is 5. The molecule has 0 amide bonds. The minimum Gasteiger partial charge on any atom is -0.309 e. The minimum atomic E-state index is 0.768. The van der Waals surface area contributed by atoms with Gasteiger partial charge in [0.25, 0.3) is 0 Å². The molecule has 0 saturated carbocycles. The molecule has 3 nitrogen and oxygen atoms in total. The largest absolute Gasteiger partial charge is 0.309 e. The second-order valence-electron chi connectivity index (χ2n) is 10.7. The first kappa shape index (κ1) is 25.0. The van der Waals surface area contributed by atoms with Crippen LogP contribution in [0.15, 0.2) is 132 Å². The molecule has 8 rings (SSSR count). The van der Waals surface area contributed by atoms with Gasteiger partial charge in [0, 0.05) is 37.6 Å². The van der Waals surface area contributed by atoms with Crippen molar-refractivity contribution in [1.82, 2.24) is 14.5 Å². The first-order valence-corrected chi connectivity index (χ1v) is 15.0. The molecule has 7 aromatic rings. The van der Waals surface area contributed by atoms with Gasteiger partial charge in [-0.2, -0.15) is 0 Å². The third-order valence-corrected chi connectivity index (χ3v) is 8.60. The minimum absolute atomic E-state index is 0.768. The number of halogens is 1. The number of nitrogens with zero attached hydrogens (tertiary/aromatic N) is 3. The second-order valence-corrected chi connectivity index (χ2v) is 11.6. The number of aromatic nitrogens is 3. The number of aryl methyl sites for hydroxylation is 1. The second kappa shape index (κ2) is 10.2. The van der Waals surface area contributed by atoms with Gasteiger partial charge >= 0.3 is 0 Å². The Bertz CT molecular complexity index is 2140. The van der Waals surface area contributed by atoms with E-state index in [0.29, 0.717) is 0 Å². The quantitative estimate of drug-likeness (QED) is 0.200. The molecular weight excluding hydrogens is 578 g/mol. The Labute approximate surface area is 253 Å². The zero-order valence-electron chi connectivity index (χ0n) is 22.8. The molecule has 0 spiro atoms. The van der Waals surface area contributed by atoms with Crippen LogP contribution in [0, 0.1) is 0 Å². The standard InChI is InChI=1S/C38H26BrN3/c39-29-13-9-12-26(22-29)27-18-20-31-32-21-19-28(24-36(32)42(35(31)23-27)30-14-5-2-6-15-30)38-40-34-17-8-7-16-33(34)37(41-38)25-10-3-1-4-11-25/h1-7,9-16,18-24H,8,17H2. The maximum Gasteiger partial charge on any atom is 0.160 e. The molecule has 0 atom stereocenters. The van der Waals surface area contributed by atoms with E-state index in [1.165, 1.54) is 27.4 Å². The summed E-state index contributed by atoms with van der Waals surface area (Å²) in [5.41, 5.74) is 11.2. The van der Waals surface area contributed by atoms with E-state index in [9.17, 15) is 0 Å². The van der Waals surface area contributed by atoms with Crippen LogP contribution in [0.4, 0.5) is 0 Å². The van der Waals surface area contributed by atoms with Gasteiger partial charge in [-0.05, 0) is 60.4 Å². The van der Waals surface area contributed by atoms with Crippen molar-refractivity contribution in [2.45, 2.75) is 12.8 Å². The van der Waals surface area contributed by atoms with Crippen LogP contribution in [0.5, 0.6) is 0 Å². The van der Waals surface area contributed by atoms with Crippen molar-refractivity contribution in [3.8, 4) is 39.5 Å². The fourth-order valence-electron chi connectivity index (χ4n) is 6.11. The Hall–Kier alpha value is -4.80. The predicted octanol–water partition coefficient (Wildman–Crippen LogP) is 10.3. The van der Waals surface area contributed by atoms with Gasteiger partial charge in [-0.25, -0.2) is 9.97 Å². The smallest absolute Gasteiger partial charge is 0.160 e. The summed E-state index contributed by atoms with van der Waals surface area (Å²) in [6.07, 6.45) is 6.33. The van der Waals surface area contributed by atoms with Crippen LogP contribution in [0.1, 0.15) is 17.7 Å². The first-order chi connectivity index (χ1) is 20.7. The third kappa shape index (κ3) is 4.27. The molecule has 1 aliphatic rings. The molecule has 0 saturated heterocycles. The Morgan fingerprint density at radius 1 is 0.595 bits per heavy atom. The van der Waals surface area contributed by atoms with Crippen molar-refractivity contribution in [2.24, 2.45) is 0 Å². The van der Waals surface area contributed by atoms with Crippen LogP contribution >= 0.6 is 15.9 Å². The van der Waals surface area contributed by atoms with Gasteiger partial charge < -0.3 is 4.57 Å². The normalized spacial score (nSPS) is 12.6. The highest BCUT2D eigenvalue weighted by Crippen LogP contribution is 2.38. The molecule has 0 fully saturated rings. The van der Waals surface area contributed by atoms with Gasteiger partial charge in [-0.15, -0.1) is 0 Å². The molecule has 2 heterocycles. The fourth-order valence-corrected chi connectivity index (χ4v) is 6.51. The summed E-state index contributed by atoms with van der Waals surface area (Å²) in [6.45, 7) is 0. The van der Waals surface area contributed by atoms with Gasteiger partial charge in [-0.1, -0.05) is 113 Å². The van der Waals surface area contributed by atoms with E-state index in [2.05, 4.69) is 148 Å². The van der Waals surface area contributed by atoms with E-state index in [0.717, 1.165) is 62.4 Å². The Kier molecular flexibility index (Phi) is 6.08. The van der Waals surface area contributed by atoms with Crippen molar-refractivity contribution in [3.05, 3.63) is 143 Å². The summed E-state index contributed by atoms with van der Waals surface area (Å²) in [5.74, 6) is 0.768. The van der Waals surface area contributed by atoms with E-state index in [4.69, 9.17) is 9.97 Å². The average molecular weight is 605 g/mol. The van der Waals surface area contributed by atoms with Crippen LogP contribution in [0.25, 0.3) is 67.3 Å². The third-order valence-electron chi connectivity index (χ3n) is 8.10. The summed E-state index contributed by atoms with van der Waals surface area (Å²) in [4.78, 5) is 10.3. The molecular formula is C38H26BrN3. The number of rotatable bonds is 4. The molecule has 1 aliphatic carbocycles. The lowest BCUT2D eigenvalue weighted by atomic mass is 9.97. The predicted molar refractivity (Wildman–Crippen MR) is 178 cm³/mol. The summed E-state index contributed by atoms with van der Waals surface area (Å²) >= 11 is 3.64. The van der Waals surface area contributed by atoms with E-state index in [1.807, 2.05) is 6.07 Å². The lowest BCUT2D eigenvalue weighted by Crippen LogP contribution is -2.05. The highest BCUT2D eigenvalue weighted by Gasteiger charge is 2.19. The van der Waals surface area contributed by atoms with Crippen LogP contribution in [-0.2, 0) is 6.42 Å². The molecule has 4 heteroatoms. The van der Waals surface area contributed by atoms with Crippen LogP contribution < -0.4 is 0 Å². The summed E-state index contributed by atoms with van der Waals surface area (Å²) in [7, 11) is 0. The fraction of sp³-hybridized carbons (Fsp3) is 0.0526. The van der Waals surface area contributed by atoms with Crippen molar-refractivity contribution in [1.29, 1.82) is 0 Å². The van der Waals surface area contributed by atoms with Crippen LogP contribution in [-0.4, -0.2) is 14.5 Å². The summed E-state index contributed by atoms with van der Waals surface area (Å²) < 4.78 is 3.44. The number of hydrogen-bond donors (Lipinski definition) is 0. The zero-order valence-corrected chi connectivity index (χ0v) is 24.4. The first-order valence-electron chi connectivity index (χ1n) is 14.3. The Morgan fingerprint density at radius 3 is 2.02 bits per heavy atom. The molecule has 0 bridgehead atoms. The van der Waals surface area contributed by atoms with Crippen molar-refractivity contribution in [2.75, 3.05) is 0 Å². The monoisotopic (exact) mass is 603 g/mol. The summed E-state index contributed by atoms with van der Waals surface area (Å²) in [5, 5.41) is 2.43. The highest BCUT2D eigenvalue weighted by atomic mass is 79.9. The average Bonchev–Trinajstić information content (AvgIpc) is 3.38. The molecule has 0 N–H and O–H groups in total. The van der Waals surface area contributed by atoms with Gasteiger partial charge in [-0.3, -0.25) is 0 Å². The molecule has 2 aromatic heterocycles. The van der Waals surface area contributed by atoms with Gasteiger partial charge in [0.1, 0.15) is 0 Å². The molecule has 42 heavy (non-hydrogen) atoms. The zero-order chi connectivity index (χ0) is 28.0. The summed E-state index contributed by atoms with van der Waals surface area (Å²) in [6, 6.07) is 43.0. The van der Waals surface area contributed by atoms with Gasteiger partial charge in [0.05, 0.1) is 22.4 Å². The number of fused-ring (bicyclic) bond motifs is 4. The molecule has 0 unspecified atom stereocenters. The van der Waals surface area contributed by atoms with Crippen molar-refractivity contribution < 1.29 is 0 Å². The van der Waals surface area contributed by atoms with Gasteiger partial charge in [0.15, 0.2) is 5.82 Å². The lowest BCUT2D eigenvalue weighted by Gasteiger charge is -2.16. The molecule has 5 aromatic carbocycles. The molecule has 200 valence electrons. The number of para-hydroxylation sites is 1.